The fourth-order valence-electron chi connectivity index (χ4n) is 1.81. The second kappa shape index (κ2) is 7.04. The van der Waals surface area contributed by atoms with Crippen LogP contribution in [0.1, 0.15) is 25.8 Å². The van der Waals surface area contributed by atoms with Crippen LogP contribution >= 0.6 is 12.2 Å². The van der Waals surface area contributed by atoms with Crippen molar-refractivity contribution in [1.29, 1.82) is 5.26 Å². The molecule has 0 radical (unpaired) electrons. The zero-order valence-corrected chi connectivity index (χ0v) is 13.2. The number of thiocarbonyl (C=S) groups is 1. The summed E-state index contributed by atoms with van der Waals surface area (Å²) in [6, 6.07) is 9.62. The van der Waals surface area contributed by atoms with Gasteiger partial charge in [0.1, 0.15) is 5.54 Å². The highest BCUT2D eigenvalue weighted by Gasteiger charge is 2.36. The van der Waals surface area contributed by atoms with Crippen LogP contribution in [0.3, 0.4) is 0 Å². The van der Waals surface area contributed by atoms with Crippen LogP contribution in [0.5, 0.6) is 0 Å². The molecule has 0 aromatic heterocycles. The molecule has 0 heterocycles. The number of nitrogens with one attached hydrogen (secondary N) is 1. The quantitative estimate of drug-likeness (QED) is 0.815. The maximum absolute atomic E-state index is 11.4. The van der Waals surface area contributed by atoms with Crippen LogP contribution in [0.4, 0.5) is 5.69 Å². The molecule has 1 aromatic carbocycles. The van der Waals surface area contributed by atoms with Crippen LogP contribution in [-0.4, -0.2) is 33.2 Å². The zero-order valence-electron chi connectivity index (χ0n) is 12.4. The molecule has 112 valence electrons. The van der Waals surface area contributed by atoms with E-state index < -0.39 is 11.5 Å². The second-order valence-corrected chi connectivity index (χ2v) is 5.56. The Morgan fingerprint density at radius 3 is 2.62 bits per heavy atom. The fourth-order valence-corrected chi connectivity index (χ4v) is 2.24. The minimum atomic E-state index is -1.19. The van der Waals surface area contributed by atoms with E-state index in [-0.39, 0.29) is 13.0 Å². The first kappa shape index (κ1) is 16.9. The van der Waals surface area contributed by atoms with Crippen LogP contribution in [0.2, 0.25) is 0 Å². The predicted octanol–water partition coefficient (Wildman–Crippen LogP) is 2.77. The van der Waals surface area contributed by atoms with Crippen molar-refractivity contribution in [2.24, 2.45) is 0 Å². The number of hydrogen-bond acceptors (Lipinski definition) is 3. The van der Waals surface area contributed by atoms with Gasteiger partial charge in [-0.1, -0.05) is 18.2 Å². The molecule has 0 aliphatic heterocycles. The largest absolute Gasteiger partial charge is 0.480 e. The van der Waals surface area contributed by atoms with E-state index in [1.165, 1.54) is 4.90 Å². The van der Waals surface area contributed by atoms with Gasteiger partial charge < -0.3 is 15.3 Å². The van der Waals surface area contributed by atoms with Crippen molar-refractivity contribution in [2.75, 3.05) is 11.9 Å². The summed E-state index contributed by atoms with van der Waals surface area (Å²) in [5.74, 6) is -0.991. The number of aryl methyl sites for hydroxylation is 1. The van der Waals surface area contributed by atoms with E-state index in [4.69, 9.17) is 17.5 Å². The normalized spacial score (nSPS) is 10.6. The first-order valence-corrected chi connectivity index (χ1v) is 6.96. The Labute approximate surface area is 130 Å². The molecule has 1 aromatic rings. The first-order valence-electron chi connectivity index (χ1n) is 6.55. The van der Waals surface area contributed by atoms with Crippen molar-refractivity contribution in [1.82, 2.24) is 4.90 Å². The van der Waals surface area contributed by atoms with Gasteiger partial charge in [0.15, 0.2) is 5.11 Å². The maximum atomic E-state index is 11.4. The van der Waals surface area contributed by atoms with Crippen LogP contribution in [0.25, 0.3) is 0 Å². The first-order chi connectivity index (χ1) is 9.80. The monoisotopic (exact) mass is 305 g/mol. The summed E-state index contributed by atoms with van der Waals surface area (Å²) in [5.41, 5.74) is 0.641. The highest BCUT2D eigenvalue weighted by Crippen LogP contribution is 2.19. The number of nitriles is 1. The average Bonchev–Trinajstić information content (AvgIpc) is 2.41. The van der Waals surface area contributed by atoms with E-state index in [1.807, 2.05) is 37.3 Å². The van der Waals surface area contributed by atoms with Crippen LogP contribution in [0, 0.1) is 18.3 Å². The van der Waals surface area contributed by atoms with E-state index in [0.29, 0.717) is 5.11 Å². The van der Waals surface area contributed by atoms with Gasteiger partial charge in [0, 0.05) is 12.2 Å². The third kappa shape index (κ3) is 4.17. The van der Waals surface area contributed by atoms with Gasteiger partial charge in [0.05, 0.1) is 12.5 Å². The number of anilines is 1. The molecule has 1 rings (SSSR count). The number of rotatable bonds is 5. The highest BCUT2D eigenvalue weighted by molar-refractivity contribution is 7.80. The summed E-state index contributed by atoms with van der Waals surface area (Å²) in [6.45, 7) is 5.33. The number of carboxylic acids is 1. The van der Waals surface area contributed by atoms with E-state index >= 15 is 0 Å². The minimum Gasteiger partial charge on any atom is -0.480 e. The Morgan fingerprint density at radius 2 is 2.10 bits per heavy atom. The van der Waals surface area contributed by atoms with Crippen LogP contribution < -0.4 is 5.32 Å². The van der Waals surface area contributed by atoms with Gasteiger partial charge in [0.2, 0.25) is 0 Å². The van der Waals surface area contributed by atoms with Crippen molar-refractivity contribution in [3.05, 3.63) is 29.8 Å². The van der Waals surface area contributed by atoms with Crippen molar-refractivity contribution in [2.45, 2.75) is 32.7 Å². The molecular formula is C15H19N3O2S. The lowest BCUT2D eigenvalue weighted by molar-refractivity contribution is -0.146. The third-order valence-corrected chi connectivity index (χ3v) is 3.60. The number of hydrogen-bond donors (Lipinski definition) is 2. The molecule has 0 spiro atoms. The topological polar surface area (TPSA) is 76.4 Å². The van der Waals surface area contributed by atoms with Crippen LogP contribution in [0.15, 0.2) is 24.3 Å². The Balaban J connectivity index is 2.99. The van der Waals surface area contributed by atoms with E-state index in [9.17, 15) is 9.90 Å². The maximum Gasteiger partial charge on any atom is 0.329 e. The number of carboxylic acid groups (broad SMARTS) is 1. The SMILES string of the molecule is Cc1ccccc1NC(=S)N(CCC#N)C(C)(C)C(=O)O. The highest BCUT2D eigenvalue weighted by atomic mass is 32.1. The molecule has 0 aliphatic carbocycles. The Kier molecular flexibility index (Phi) is 5.68. The molecule has 2 N–H and O–H groups in total. The fraction of sp³-hybridized carbons (Fsp3) is 0.400. The summed E-state index contributed by atoms with van der Waals surface area (Å²) in [5, 5.41) is 21.5. The minimum absolute atomic E-state index is 0.201. The standard InChI is InChI=1S/C15H19N3O2S/c1-11-7-4-5-8-12(11)17-14(21)18(10-6-9-16)15(2,3)13(19)20/h4-5,7-8H,6,10H2,1-3H3,(H,17,21)(H,19,20). The van der Waals surface area contributed by atoms with E-state index in [1.54, 1.807) is 13.8 Å². The lowest BCUT2D eigenvalue weighted by atomic mass is 10.0. The van der Waals surface area contributed by atoms with Gasteiger partial charge in [-0.15, -0.1) is 0 Å². The molecule has 21 heavy (non-hydrogen) atoms. The molecule has 0 saturated heterocycles. The van der Waals surface area contributed by atoms with Gasteiger partial charge in [0.25, 0.3) is 0 Å². The summed E-state index contributed by atoms with van der Waals surface area (Å²) >= 11 is 5.34. The van der Waals surface area contributed by atoms with Gasteiger partial charge in [-0.25, -0.2) is 4.79 Å². The van der Waals surface area contributed by atoms with Gasteiger partial charge >= 0.3 is 5.97 Å². The summed E-state index contributed by atoms with van der Waals surface area (Å²) in [7, 11) is 0. The summed E-state index contributed by atoms with van der Waals surface area (Å²) in [4.78, 5) is 13.0. The molecule has 0 aliphatic rings. The number of nitrogens with zero attached hydrogens (tertiary/aromatic N) is 2. The Hall–Kier alpha value is -2.13. The molecule has 5 nitrogen and oxygen atoms in total. The molecule has 0 amide bonds. The summed E-state index contributed by atoms with van der Waals surface area (Å²) < 4.78 is 0. The second-order valence-electron chi connectivity index (χ2n) is 5.17. The zero-order chi connectivity index (χ0) is 16.0. The number of carbonyl (C=O) groups is 1. The van der Waals surface area contributed by atoms with Crippen molar-refractivity contribution >= 4 is 29.0 Å². The lowest BCUT2D eigenvalue weighted by Gasteiger charge is -2.36. The molecule has 0 unspecified atom stereocenters. The Morgan fingerprint density at radius 1 is 1.48 bits per heavy atom. The molecule has 0 atom stereocenters. The predicted molar refractivity (Wildman–Crippen MR) is 86.1 cm³/mol. The number of aliphatic carboxylic acids is 1. The van der Waals surface area contributed by atoms with Crippen molar-refractivity contribution in [3.63, 3.8) is 0 Å². The van der Waals surface area contributed by atoms with Gasteiger partial charge in [-0.05, 0) is 44.6 Å². The van der Waals surface area contributed by atoms with E-state index in [0.717, 1.165) is 11.3 Å². The number of para-hydroxylation sites is 1. The van der Waals surface area contributed by atoms with E-state index in [2.05, 4.69) is 5.32 Å². The Bertz CT molecular complexity index is 579. The molecule has 6 heteroatoms. The summed E-state index contributed by atoms with van der Waals surface area (Å²) in [6.07, 6.45) is 0.201. The molecule has 0 bridgehead atoms. The molecule has 0 fully saturated rings. The molecular weight excluding hydrogens is 286 g/mol. The third-order valence-electron chi connectivity index (χ3n) is 3.28. The van der Waals surface area contributed by atoms with Crippen molar-refractivity contribution < 1.29 is 9.90 Å². The van der Waals surface area contributed by atoms with Crippen LogP contribution in [-0.2, 0) is 4.79 Å². The number of benzene rings is 1. The molecule has 0 saturated carbocycles. The lowest BCUT2D eigenvalue weighted by Crippen LogP contribution is -2.54. The smallest absolute Gasteiger partial charge is 0.329 e. The van der Waals surface area contributed by atoms with Gasteiger partial charge in [-0.2, -0.15) is 5.26 Å². The average molecular weight is 305 g/mol. The van der Waals surface area contributed by atoms with Crippen molar-refractivity contribution in [3.8, 4) is 6.07 Å². The van der Waals surface area contributed by atoms with Gasteiger partial charge in [-0.3, -0.25) is 0 Å².